The molecule has 0 aliphatic carbocycles. The van der Waals surface area contributed by atoms with Crippen molar-refractivity contribution in [3.8, 4) is 0 Å². The molecule has 2 nitrogen and oxygen atoms in total. The Morgan fingerprint density at radius 1 is 1.38 bits per heavy atom. The fraction of sp³-hybridized carbons (Fsp3) is 0.769. The molecule has 1 N–H and O–H groups in total. The third kappa shape index (κ3) is 3.56. The summed E-state index contributed by atoms with van der Waals surface area (Å²) in [6.45, 7) is 12.1. The summed E-state index contributed by atoms with van der Waals surface area (Å²) in [6, 6.07) is 0.432. The molecule has 0 aliphatic heterocycles. The quantitative estimate of drug-likeness (QED) is 0.844. The van der Waals surface area contributed by atoms with Crippen molar-refractivity contribution >= 4 is 11.3 Å². The van der Waals surface area contributed by atoms with E-state index in [4.69, 9.17) is 4.98 Å². The molecular weight excluding hydrogens is 216 g/mol. The maximum absolute atomic E-state index is 4.76. The van der Waals surface area contributed by atoms with Crippen LogP contribution in [0.4, 0.5) is 0 Å². The highest BCUT2D eigenvalue weighted by Crippen LogP contribution is 2.27. The molecule has 0 fully saturated rings. The molecule has 0 bridgehead atoms. The van der Waals surface area contributed by atoms with Crippen molar-refractivity contribution in [2.24, 2.45) is 0 Å². The minimum Gasteiger partial charge on any atom is -0.308 e. The van der Waals surface area contributed by atoms with Crippen molar-refractivity contribution in [1.82, 2.24) is 10.3 Å². The van der Waals surface area contributed by atoms with Gasteiger partial charge < -0.3 is 5.32 Å². The van der Waals surface area contributed by atoms with Crippen molar-refractivity contribution < 1.29 is 0 Å². The van der Waals surface area contributed by atoms with Crippen LogP contribution in [0.1, 0.15) is 64.2 Å². The highest BCUT2D eigenvalue weighted by molar-refractivity contribution is 7.09. The number of nitrogens with zero attached hydrogens (tertiary/aromatic N) is 1. The summed E-state index contributed by atoms with van der Waals surface area (Å²) in [4.78, 5) is 4.76. The largest absolute Gasteiger partial charge is 0.308 e. The van der Waals surface area contributed by atoms with Gasteiger partial charge in [0, 0.05) is 10.8 Å². The molecule has 0 aliphatic rings. The van der Waals surface area contributed by atoms with Crippen molar-refractivity contribution in [2.75, 3.05) is 6.54 Å². The first-order valence-electron chi connectivity index (χ1n) is 6.18. The van der Waals surface area contributed by atoms with Gasteiger partial charge in [0.1, 0.15) is 5.01 Å². The second kappa shape index (κ2) is 5.78. The Bertz CT molecular complexity index is 312. The second-order valence-electron chi connectivity index (χ2n) is 5.24. The van der Waals surface area contributed by atoms with E-state index in [2.05, 4.69) is 45.3 Å². The lowest BCUT2D eigenvalue weighted by Crippen LogP contribution is -2.21. The summed E-state index contributed by atoms with van der Waals surface area (Å²) in [6.07, 6.45) is 2.28. The van der Waals surface area contributed by atoms with Gasteiger partial charge in [-0.3, -0.25) is 0 Å². The predicted octanol–water partition coefficient (Wildman–Crippen LogP) is 3.89. The number of rotatable bonds is 5. The summed E-state index contributed by atoms with van der Waals surface area (Å²) in [5.41, 5.74) is 1.38. The topological polar surface area (TPSA) is 24.9 Å². The number of hydrogen-bond acceptors (Lipinski definition) is 3. The lowest BCUT2D eigenvalue weighted by Gasteiger charge is -2.16. The molecule has 0 aromatic carbocycles. The van der Waals surface area contributed by atoms with Crippen LogP contribution in [0.25, 0.3) is 0 Å². The average Bonchev–Trinajstić information content (AvgIpc) is 2.68. The molecule has 1 aromatic rings. The van der Waals surface area contributed by atoms with Gasteiger partial charge >= 0.3 is 0 Å². The lowest BCUT2D eigenvalue weighted by atomic mass is 9.93. The fourth-order valence-corrected chi connectivity index (χ4v) is 2.72. The van der Waals surface area contributed by atoms with Gasteiger partial charge in [0.25, 0.3) is 0 Å². The Morgan fingerprint density at radius 3 is 2.50 bits per heavy atom. The normalized spacial score (nSPS) is 14.1. The van der Waals surface area contributed by atoms with E-state index < -0.39 is 0 Å². The van der Waals surface area contributed by atoms with Crippen LogP contribution in [-0.2, 0) is 5.41 Å². The van der Waals surface area contributed by atoms with Crippen molar-refractivity contribution in [3.63, 3.8) is 0 Å². The standard InChI is InChI=1S/C13H24N2S/c1-6-8-14-10(7-2)12-15-11(9-16-12)13(3,4)5/h9-10,14H,6-8H2,1-5H3. The van der Waals surface area contributed by atoms with E-state index in [1.165, 1.54) is 17.1 Å². The van der Waals surface area contributed by atoms with Gasteiger partial charge in [-0.2, -0.15) is 0 Å². The lowest BCUT2D eigenvalue weighted by molar-refractivity contribution is 0.508. The molecule has 16 heavy (non-hydrogen) atoms. The van der Waals surface area contributed by atoms with Crippen LogP contribution >= 0.6 is 11.3 Å². The highest BCUT2D eigenvalue weighted by atomic mass is 32.1. The Labute approximate surface area is 103 Å². The first-order valence-corrected chi connectivity index (χ1v) is 7.06. The molecule has 0 radical (unpaired) electrons. The van der Waals surface area contributed by atoms with Crippen LogP contribution in [0.3, 0.4) is 0 Å². The molecular formula is C13H24N2S. The third-order valence-corrected chi connectivity index (χ3v) is 3.60. The summed E-state index contributed by atoms with van der Waals surface area (Å²) < 4.78 is 0. The minimum absolute atomic E-state index is 0.164. The van der Waals surface area contributed by atoms with Crippen LogP contribution in [0.15, 0.2) is 5.38 Å². The van der Waals surface area contributed by atoms with E-state index >= 15 is 0 Å². The van der Waals surface area contributed by atoms with E-state index in [1.807, 2.05) is 0 Å². The van der Waals surface area contributed by atoms with Crippen LogP contribution in [0.2, 0.25) is 0 Å². The average molecular weight is 240 g/mol. The van der Waals surface area contributed by atoms with Crippen molar-refractivity contribution in [2.45, 2.75) is 58.9 Å². The van der Waals surface area contributed by atoms with E-state index in [0.717, 1.165) is 13.0 Å². The first kappa shape index (κ1) is 13.7. The molecule has 0 spiro atoms. The summed E-state index contributed by atoms with van der Waals surface area (Å²) in [7, 11) is 0. The van der Waals surface area contributed by atoms with E-state index in [-0.39, 0.29) is 5.41 Å². The number of nitrogens with one attached hydrogen (secondary N) is 1. The van der Waals surface area contributed by atoms with Crippen molar-refractivity contribution in [3.05, 3.63) is 16.1 Å². The maximum atomic E-state index is 4.76. The summed E-state index contributed by atoms with van der Waals surface area (Å²) >= 11 is 1.79. The maximum Gasteiger partial charge on any atom is 0.110 e. The number of aromatic nitrogens is 1. The van der Waals surface area contributed by atoms with Gasteiger partial charge in [-0.1, -0.05) is 34.6 Å². The summed E-state index contributed by atoms with van der Waals surface area (Å²) in [5.74, 6) is 0. The van der Waals surface area contributed by atoms with E-state index in [9.17, 15) is 0 Å². The van der Waals surface area contributed by atoms with Crippen LogP contribution in [0.5, 0.6) is 0 Å². The van der Waals surface area contributed by atoms with Crippen molar-refractivity contribution in [1.29, 1.82) is 0 Å². The van der Waals surface area contributed by atoms with Gasteiger partial charge in [-0.05, 0) is 19.4 Å². The number of hydrogen-bond donors (Lipinski definition) is 1. The second-order valence-corrected chi connectivity index (χ2v) is 6.13. The zero-order chi connectivity index (χ0) is 12.2. The smallest absolute Gasteiger partial charge is 0.110 e. The molecule has 3 heteroatoms. The zero-order valence-corrected chi connectivity index (χ0v) is 11.9. The molecule has 92 valence electrons. The Morgan fingerprint density at radius 2 is 2.06 bits per heavy atom. The Hall–Kier alpha value is -0.410. The molecule has 0 amide bonds. The molecule has 1 unspecified atom stereocenters. The highest BCUT2D eigenvalue weighted by Gasteiger charge is 2.20. The van der Waals surface area contributed by atoms with Crippen LogP contribution in [0, 0.1) is 0 Å². The number of thiazole rings is 1. The van der Waals surface area contributed by atoms with Gasteiger partial charge in [0.05, 0.1) is 11.7 Å². The zero-order valence-electron chi connectivity index (χ0n) is 11.1. The molecule has 0 saturated heterocycles. The SMILES string of the molecule is CCCNC(CC)c1nc(C(C)(C)C)cs1. The summed E-state index contributed by atoms with van der Waals surface area (Å²) in [5, 5.41) is 6.99. The monoisotopic (exact) mass is 240 g/mol. The molecule has 1 aromatic heterocycles. The van der Waals surface area contributed by atoms with Gasteiger partial charge in [-0.25, -0.2) is 4.98 Å². The molecule has 1 heterocycles. The Balaban J connectivity index is 2.75. The molecule has 1 atom stereocenters. The van der Waals surface area contributed by atoms with E-state index in [0.29, 0.717) is 6.04 Å². The van der Waals surface area contributed by atoms with Crippen LogP contribution < -0.4 is 5.32 Å². The minimum atomic E-state index is 0.164. The van der Waals surface area contributed by atoms with E-state index in [1.54, 1.807) is 11.3 Å². The third-order valence-electron chi connectivity index (χ3n) is 2.64. The van der Waals surface area contributed by atoms with Gasteiger partial charge in [0.15, 0.2) is 0 Å². The van der Waals surface area contributed by atoms with Gasteiger partial charge in [0.2, 0.25) is 0 Å². The first-order chi connectivity index (χ1) is 7.49. The van der Waals surface area contributed by atoms with Crippen LogP contribution in [-0.4, -0.2) is 11.5 Å². The molecule has 0 saturated carbocycles. The molecule has 1 rings (SSSR count). The predicted molar refractivity (Wildman–Crippen MR) is 72.1 cm³/mol. The Kier molecular flexibility index (Phi) is 4.93. The fourth-order valence-electron chi connectivity index (χ4n) is 1.52. The van der Waals surface area contributed by atoms with Gasteiger partial charge in [-0.15, -0.1) is 11.3 Å².